The second-order valence-electron chi connectivity index (χ2n) is 9.18. The van der Waals surface area contributed by atoms with Gasteiger partial charge in [-0.3, -0.25) is 24.7 Å². The Kier molecular flexibility index (Phi) is 7.88. The van der Waals surface area contributed by atoms with E-state index < -0.39 is 5.91 Å². The number of nitrogens with zero attached hydrogens (tertiary/aromatic N) is 6. The maximum atomic E-state index is 13.3. The summed E-state index contributed by atoms with van der Waals surface area (Å²) < 4.78 is 3.20. The van der Waals surface area contributed by atoms with Gasteiger partial charge in [0, 0.05) is 43.0 Å². The number of benzene rings is 2. The van der Waals surface area contributed by atoms with Crippen molar-refractivity contribution < 1.29 is 4.79 Å². The Morgan fingerprint density at radius 3 is 2.52 bits per heavy atom. The highest BCUT2D eigenvalue weighted by atomic mass is 16.1. The molecule has 4 heterocycles. The van der Waals surface area contributed by atoms with E-state index in [0.29, 0.717) is 34.2 Å². The molecule has 0 atom stereocenters. The summed E-state index contributed by atoms with van der Waals surface area (Å²) in [4.78, 5) is 37.0. The van der Waals surface area contributed by atoms with Gasteiger partial charge < -0.3 is 11.5 Å². The van der Waals surface area contributed by atoms with Gasteiger partial charge in [-0.15, -0.1) is 0 Å². The third kappa shape index (κ3) is 5.78. The molecule has 0 spiro atoms. The number of nitrogens with two attached hydrogens (primary N) is 2. The van der Waals surface area contributed by atoms with Gasteiger partial charge in [0.15, 0.2) is 0 Å². The summed E-state index contributed by atoms with van der Waals surface area (Å²) in [6.07, 6.45) is 7.29. The van der Waals surface area contributed by atoms with E-state index in [-0.39, 0.29) is 16.9 Å². The molecular formula is C31H27N9O2. The van der Waals surface area contributed by atoms with Crippen LogP contribution in [0.2, 0.25) is 0 Å². The minimum absolute atomic E-state index is 0.115. The lowest BCUT2D eigenvalue weighted by atomic mass is 10.1. The Balaban J connectivity index is 0.000000211. The maximum absolute atomic E-state index is 13.3. The van der Waals surface area contributed by atoms with Crippen LogP contribution in [0, 0.1) is 11.8 Å². The van der Waals surface area contributed by atoms with E-state index >= 15 is 0 Å². The lowest BCUT2D eigenvalue weighted by Gasteiger charge is -2.15. The first kappa shape index (κ1) is 27.5. The molecule has 0 unspecified atom stereocenters. The molecule has 0 saturated heterocycles. The molecule has 0 aliphatic rings. The molecule has 42 heavy (non-hydrogen) atoms. The number of rotatable bonds is 4. The number of fused-ring (bicyclic) bond motifs is 2. The van der Waals surface area contributed by atoms with Crippen molar-refractivity contribution in [2.75, 3.05) is 11.2 Å². The smallest absolute Gasteiger partial charge is 0.281 e. The molecule has 11 heteroatoms. The van der Waals surface area contributed by atoms with Gasteiger partial charge in [-0.2, -0.15) is 5.10 Å². The van der Waals surface area contributed by atoms with Crippen LogP contribution >= 0.6 is 0 Å². The highest BCUT2D eigenvalue weighted by molar-refractivity contribution is 6.08. The van der Waals surface area contributed by atoms with E-state index in [0.717, 1.165) is 16.6 Å². The second-order valence-corrected chi connectivity index (χ2v) is 9.18. The first-order valence-corrected chi connectivity index (χ1v) is 13.0. The number of anilines is 2. The molecule has 0 aliphatic heterocycles. The first-order valence-electron chi connectivity index (χ1n) is 13.0. The van der Waals surface area contributed by atoms with Crippen LogP contribution in [0.4, 0.5) is 11.5 Å². The van der Waals surface area contributed by atoms with E-state index in [2.05, 4.69) is 37.3 Å². The highest BCUT2D eigenvalue weighted by Gasteiger charge is 2.14. The zero-order chi connectivity index (χ0) is 29.6. The van der Waals surface area contributed by atoms with Crippen LogP contribution in [0.25, 0.3) is 21.8 Å². The van der Waals surface area contributed by atoms with Crippen molar-refractivity contribution in [1.82, 2.24) is 29.4 Å². The van der Waals surface area contributed by atoms with Gasteiger partial charge in [0.25, 0.3) is 11.5 Å². The predicted molar refractivity (Wildman–Crippen MR) is 162 cm³/mol. The van der Waals surface area contributed by atoms with Crippen LogP contribution in [0.5, 0.6) is 0 Å². The van der Waals surface area contributed by atoms with Crippen LogP contribution in [0.15, 0.2) is 90.2 Å². The molecule has 11 nitrogen and oxygen atoms in total. The molecule has 6 aromatic rings. The molecule has 0 aliphatic carbocycles. The van der Waals surface area contributed by atoms with Crippen LogP contribution in [0.1, 0.15) is 34.2 Å². The molecule has 208 valence electrons. The van der Waals surface area contributed by atoms with E-state index in [4.69, 9.17) is 11.5 Å². The number of hydrogen-bond donors (Lipinski definition) is 3. The van der Waals surface area contributed by atoms with Crippen molar-refractivity contribution in [2.24, 2.45) is 12.8 Å². The Hall–Kier alpha value is -6.02. The van der Waals surface area contributed by atoms with Crippen LogP contribution in [-0.4, -0.2) is 35.3 Å². The van der Waals surface area contributed by atoms with Crippen molar-refractivity contribution in [1.29, 1.82) is 0 Å². The number of primary amides is 1. The summed E-state index contributed by atoms with van der Waals surface area (Å²) in [5.41, 5.74) is 17.3. The number of hydrogen-bond acceptors (Lipinski definition) is 8. The molecular weight excluding hydrogens is 530 g/mol. The molecule has 0 radical (unpaired) electrons. The first-order chi connectivity index (χ1) is 20.4. The fourth-order valence-electron chi connectivity index (χ4n) is 4.30. The van der Waals surface area contributed by atoms with E-state index in [1.807, 2.05) is 68.7 Å². The summed E-state index contributed by atoms with van der Waals surface area (Å²) in [6.45, 7) is 1.98. The van der Waals surface area contributed by atoms with Crippen LogP contribution in [0.3, 0.4) is 0 Å². The largest absolute Gasteiger partial charge is 0.383 e. The minimum Gasteiger partial charge on any atom is -0.383 e. The summed E-state index contributed by atoms with van der Waals surface area (Å²) in [5.74, 6) is 6.34. The monoisotopic (exact) mass is 557 g/mol. The zero-order valence-electron chi connectivity index (χ0n) is 22.9. The Labute approximate surface area is 240 Å². The van der Waals surface area contributed by atoms with Gasteiger partial charge >= 0.3 is 0 Å². The molecule has 0 saturated carbocycles. The lowest BCUT2D eigenvalue weighted by molar-refractivity contribution is 0.100. The van der Waals surface area contributed by atoms with Crippen molar-refractivity contribution in [3.63, 3.8) is 0 Å². The number of para-hydroxylation sites is 1. The van der Waals surface area contributed by atoms with Crippen molar-refractivity contribution in [3.8, 4) is 11.8 Å². The highest BCUT2D eigenvalue weighted by Crippen LogP contribution is 2.19. The summed E-state index contributed by atoms with van der Waals surface area (Å²) in [5, 5.41) is 5.36. The van der Waals surface area contributed by atoms with E-state index in [1.54, 1.807) is 35.4 Å². The van der Waals surface area contributed by atoms with E-state index in [9.17, 15) is 9.59 Å². The number of aromatic nitrogens is 6. The lowest BCUT2D eigenvalue weighted by Crippen LogP contribution is -2.31. The van der Waals surface area contributed by atoms with Crippen molar-refractivity contribution >= 4 is 39.2 Å². The Morgan fingerprint density at radius 1 is 1.00 bits per heavy atom. The van der Waals surface area contributed by atoms with Gasteiger partial charge in [0.1, 0.15) is 17.2 Å². The Morgan fingerprint density at radius 2 is 1.81 bits per heavy atom. The van der Waals surface area contributed by atoms with Gasteiger partial charge in [0.05, 0.1) is 33.9 Å². The average Bonchev–Trinajstić information content (AvgIpc) is 3.42. The fraction of sp³-hybridized carbons (Fsp3) is 0.0968. The number of nitrogens with one attached hydrogen (secondary N) is 1. The Bertz CT molecular complexity index is 2040. The molecule has 6 rings (SSSR count). The van der Waals surface area contributed by atoms with Crippen LogP contribution < -0.4 is 22.5 Å². The summed E-state index contributed by atoms with van der Waals surface area (Å²) >= 11 is 0. The fourth-order valence-corrected chi connectivity index (χ4v) is 4.30. The molecule has 2 aromatic carbocycles. The topological polar surface area (TPSA) is 160 Å². The summed E-state index contributed by atoms with van der Waals surface area (Å²) in [6, 6.07) is 18.7. The number of nitrogen functional groups attached to an aromatic ring is 1. The molecule has 0 bridgehead atoms. The third-order valence-corrected chi connectivity index (χ3v) is 6.27. The van der Waals surface area contributed by atoms with Gasteiger partial charge in [-0.25, -0.2) is 14.6 Å². The quantitative estimate of drug-likeness (QED) is 0.279. The molecule has 5 N–H and O–H groups in total. The number of carbonyl (C=O) groups is 1. The van der Waals surface area contributed by atoms with Crippen molar-refractivity contribution in [2.45, 2.75) is 13.3 Å². The molecule has 4 aromatic heterocycles. The molecule has 1 amide bonds. The maximum Gasteiger partial charge on any atom is 0.281 e. The van der Waals surface area contributed by atoms with Crippen LogP contribution in [-0.2, 0) is 13.5 Å². The average molecular weight is 558 g/mol. The number of aryl methyl sites for hydroxylation is 2. The summed E-state index contributed by atoms with van der Waals surface area (Å²) in [7, 11) is 1.84. The van der Waals surface area contributed by atoms with Gasteiger partial charge in [-0.05, 0) is 36.4 Å². The van der Waals surface area contributed by atoms with Gasteiger partial charge in [0.2, 0.25) is 0 Å². The minimum atomic E-state index is -0.612. The zero-order valence-corrected chi connectivity index (χ0v) is 22.9. The van der Waals surface area contributed by atoms with E-state index in [1.165, 1.54) is 4.68 Å². The number of amides is 1. The number of pyridine rings is 2. The van der Waals surface area contributed by atoms with Crippen molar-refractivity contribution in [3.05, 3.63) is 118 Å². The van der Waals surface area contributed by atoms with Gasteiger partial charge in [-0.1, -0.05) is 43.0 Å². The predicted octanol–water partition coefficient (Wildman–Crippen LogP) is 3.28. The standard InChI is InChI=1S/C22H19N5O.C9H8N4O/c1-3-20-24-19-11-7-8-17(13-12-16-14-23-26(2)15-16)21(19)22(28)27(20)25-18-9-5-4-6-10-18;10-8-6(9(11)14)7-5(4-13-8)2-1-3-12-7/h4-11,14-15,25H,3H2,1-2H3;1-4H,(H2,10,13)(H2,11,14). The molecule has 0 fully saturated rings. The second kappa shape index (κ2) is 12.0. The SMILES string of the molecule is CCc1nc2cccc(C#Cc3cnn(C)c3)c2c(=O)n1Nc1ccccc1.NC(=O)c1c(N)ncc2cccnc12. The third-order valence-electron chi connectivity index (χ3n) is 6.27. The number of carbonyl (C=O) groups excluding carboxylic acids is 1. The normalized spacial score (nSPS) is 10.4.